The van der Waals surface area contributed by atoms with Crippen molar-refractivity contribution in [3.63, 3.8) is 0 Å². The molecule has 0 amide bonds. The van der Waals surface area contributed by atoms with Crippen molar-refractivity contribution in [3.8, 4) is 0 Å². The first-order chi connectivity index (χ1) is 8.27. The lowest BCUT2D eigenvalue weighted by atomic mass is 9.98. The Bertz CT molecular complexity index is 415. The maximum absolute atomic E-state index is 12.7. The summed E-state index contributed by atoms with van der Waals surface area (Å²) in [6.07, 6.45) is -7.30. The monoisotopic (exact) mass is 284 g/mol. The molecule has 4 nitrogen and oxygen atoms in total. The van der Waals surface area contributed by atoms with Crippen molar-refractivity contribution in [1.29, 1.82) is 0 Å². The smallest absolute Gasteiger partial charge is 0.390 e. The first-order valence-corrected chi connectivity index (χ1v) is 5.44. The van der Waals surface area contributed by atoms with Gasteiger partial charge in [-0.1, -0.05) is 11.6 Å². The van der Waals surface area contributed by atoms with Crippen LogP contribution in [0.15, 0.2) is 12.3 Å². The molecule has 0 saturated carbocycles. The predicted octanol–water partition coefficient (Wildman–Crippen LogP) is 1.50. The number of aromatic nitrogens is 1. The zero-order chi connectivity index (χ0) is 13.9. The van der Waals surface area contributed by atoms with E-state index in [1.165, 1.54) is 0 Å². The van der Waals surface area contributed by atoms with Gasteiger partial charge in [-0.2, -0.15) is 13.2 Å². The van der Waals surface area contributed by atoms with E-state index in [0.29, 0.717) is 6.20 Å². The highest BCUT2D eigenvalue weighted by atomic mass is 35.5. The quantitative estimate of drug-likeness (QED) is 0.732. The zero-order valence-corrected chi connectivity index (χ0v) is 9.91. The first-order valence-electron chi connectivity index (χ1n) is 5.06. The lowest BCUT2D eigenvalue weighted by molar-refractivity contribution is -0.140. The molecule has 4 N–H and O–H groups in total. The van der Waals surface area contributed by atoms with Gasteiger partial charge < -0.3 is 15.9 Å². The van der Waals surface area contributed by atoms with Crippen LogP contribution in [0.3, 0.4) is 0 Å². The number of halogens is 4. The van der Waals surface area contributed by atoms with Crippen molar-refractivity contribution < 1.29 is 23.4 Å². The van der Waals surface area contributed by atoms with Crippen molar-refractivity contribution in [1.82, 2.24) is 4.98 Å². The normalized spacial score (nSPS) is 15.5. The van der Waals surface area contributed by atoms with Crippen LogP contribution >= 0.6 is 11.6 Å². The van der Waals surface area contributed by atoms with Crippen LogP contribution in [0, 0.1) is 0 Å². The molecule has 2 atom stereocenters. The molecule has 0 aromatic carbocycles. The SMILES string of the molecule is NCCC(O)C(O)c1cc(Cl)ncc1C(F)(F)F. The summed E-state index contributed by atoms with van der Waals surface area (Å²) in [5, 5.41) is 19.0. The van der Waals surface area contributed by atoms with Crippen LogP contribution in [0.25, 0.3) is 0 Å². The van der Waals surface area contributed by atoms with E-state index in [9.17, 15) is 23.4 Å². The van der Waals surface area contributed by atoms with Crippen LogP contribution in [-0.2, 0) is 6.18 Å². The third-order valence-corrected chi connectivity index (χ3v) is 2.56. The minimum absolute atomic E-state index is 0.0294. The highest BCUT2D eigenvalue weighted by Crippen LogP contribution is 2.36. The number of rotatable bonds is 4. The summed E-state index contributed by atoms with van der Waals surface area (Å²) >= 11 is 5.50. The molecule has 0 radical (unpaired) electrons. The Morgan fingerprint density at radius 2 is 2.00 bits per heavy atom. The molecule has 0 fully saturated rings. The number of pyridine rings is 1. The molecule has 18 heavy (non-hydrogen) atoms. The van der Waals surface area contributed by atoms with Crippen molar-refractivity contribution in [2.24, 2.45) is 5.73 Å². The van der Waals surface area contributed by atoms with Crippen molar-refractivity contribution in [3.05, 3.63) is 28.5 Å². The van der Waals surface area contributed by atoms with Crippen LogP contribution in [-0.4, -0.2) is 27.8 Å². The van der Waals surface area contributed by atoms with Crippen LogP contribution in [0.1, 0.15) is 23.7 Å². The number of aliphatic hydroxyl groups excluding tert-OH is 2. The predicted molar refractivity (Wildman–Crippen MR) is 58.9 cm³/mol. The molecular weight excluding hydrogens is 273 g/mol. The summed E-state index contributed by atoms with van der Waals surface area (Å²) in [6.45, 7) is 0.0401. The molecule has 2 unspecified atom stereocenters. The second-order valence-corrected chi connectivity index (χ2v) is 4.07. The second-order valence-electron chi connectivity index (χ2n) is 3.68. The third-order valence-electron chi connectivity index (χ3n) is 2.35. The van der Waals surface area contributed by atoms with E-state index in [0.717, 1.165) is 6.07 Å². The van der Waals surface area contributed by atoms with E-state index in [4.69, 9.17) is 17.3 Å². The Labute approximate surface area is 106 Å². The van der Waals surface area contributed by atoms with Gasteiger partial charge in [-0.15, -0.1) is 0 Å². The molecule has 0 bridgehead atoms. The van der Waals surface area contributed by atoms with E-state index >= 15 is 0 Å². The van der Waals surface area contributed by atoms with Crippen molar-refractivity contribution in [2.75, 3.05) is 6.54 Å². The Balaban J connectivity index is 3.17. The van der Waals surface area contributed by atoms with Crippen molar-refractivity contribution in [2.45, 2.75) is 24.8 Å². The Kier molecular flexibility index (Phi) is 4.92. The zero-order valence-electron chi connectivity index (χ0n) is 9.15. The minimum atomic E-state index is -4.68. The van der Waals surface area contributed by atoms with Gasteiger partial charge in [0.1, 0.15) is 11.3 Å². The van der Waals surface area contributed by atoms with Gasteiger partial charge in [0.2, 0.25) is 0 Å². The fourth-order valence-corrected chi connectivity index (χ4v) is 1.63. The molecule has 102 valence electrons. The third kappa shape index (κ3) is 3.55. The lowest BCUT2D eigenvalue weighted by Crippen LogP contribution is -2.24. The van der Waals surface area contributed by atoms with Gasteiger partial charge in [-0.25, -0.2) is 4.98 Å². The number of hydrogen-bond donors (Lipinski definition) is 3. The van der Waals surface area contributed by atoms with E-state index in [-0.39, 0.29) is 18.1 Å². The summed E-state index contributed by atoms with van der Waals surface area (Å²) in [6, 6.07) is 0.884. The van der Waals surface area contributed by atoms with Gasteiger partial charge in [0.25, 0.3) is 0 Å². The Hall–Kier alpha value is -0.890. The molecular formula is C10H12ClF3N2O2. The van der Waals surface area contributed by atoms with Gasteiger partial charge in [-0.3, -0.25) is 0 Å². The molecule has 1 aromatic heterocycles. The first kappa shape index (κ1) is 15.2. The summed E-state index contributed by atoms with van der Waals surface area (Å²) < 4.78 is 38.1. The summed E-state index contributed by atoms with van der Waals surface area (Å²) in [7, 11) is 0. The van der Waals surface area contributed by atoms with E-state index in [1.54, 1.807) is 0 Å². The van der Waals surface area contributed by atoms with Gasteiger partial charge in [0, 0.05) is 6.20 Å². The molecule has 0 aliphatic carbocycles. The van der Waals surface area contributed by atoms with Crippen LogP contribution in [0.4, 0.5) is 13.2 Å². The highest BCUT2D eigenvalue weighted by molar-refractivity contribution is 6.29. The summed E-state index contributed by atoms with van der Waals surface area (Å²) in [4.78, 5) is 3.32. The molecule has 8 heteroatoms. The van der Waals surface area contributed by atoms with Crippen LogP contribution < -0.4 is 5.73 Å². The minimum Gasteiger partial charge on any atom is -0.390 e. The maximum Gasteiger partial charge on any atom is 0.418 e. The van der Waals surface area contributed by atoms with Crippen LogP contribution in [0.2, 0.25) is 5.15 Å². The fourth-order valence-electron chi connectivity index (χ4n) is 1.46. The van der Waals surface area contributed by atoms with Gasteiger partial charge in [0.15, 0.2) is 0 Å². The summed E-state index contributed by atoms with van der Waals surface area (Å²) in [5.41, 5.74) is 3.53. The van der Waals surface area contributed by atoms with Crippen molar-refractivity contribution >= 4 is 11.6 Å². The number of nitrogens with two attached hydrogens (primary N) is 1. The van der Waals surface area contributed by atoms with Gasteiger partial charge in [0.05, 0.1) is 11.7 Å². The van der Waals surface area contributed by atoms with Gasteiger partial charge in [-0.05, 0) is 24.6 Å². The Morgan fingerprint density at radius 3 is 2.50 bits per heavy atom. The number of aliphatic hydroxyl groups is 2. The molecule has 1 aromatic rings. The average molecular weight is 285 g/mol. The number of nitrogens with zero attached hydrogens (tertiary/aromatic N) is 1. The molecule has 0 saturated heterocycles. The Morgan fingerprint density at radius 1 is 1.39 bits per heavy atom. The molecule has 0 aliphatic heterocycles. The standard InChI is InChI=1S/C10H12ClF3N2O2/c11-8-3-5(9(18)7(17)1-2-15)6(4-16-8)10(12,13)14/h3-4,7,9,17-18H,1-2,15H2. The molecule has 0 spiro atoms. The van der Waals surface area contributed by atoms with E-state index in [1.807, 2.05) is 0 Å². The number of hydrogen-bond acceptors (Lipinski definition) is 4. The average Bonchev–Trinajstić information content (AvgIpc) is 2.26. The van der Waals surface area contributed by atoms with Gasteiger partial charge >= 0.3 is 6.18 Å². The largest absolute Gasteiger partial charge is 0.418 e. The fraction of sp³-hybridized carbons (Fsp3) is 0.500. The maximum atomic E-state index is 12.7. The van der Waals surface area contributed by atoms with E-state index in [2.05, 4.69) is 4.98 Å². The second kappa shape index (κ2) is 5.83. The lowest BCUT2D eigenvalue weighted by Gasteiger charge is -2.21. The topological polar surface area (TPSA) is 79.4 Å². The highest BCUT2D eigenvalue weighted by Gasteiger charge is 2.37. The molecule has 0 aliphatic rings. The summed E-state index contributed by atoms with van der Waals surface area (Å²) in [5.74, 6) is 0. The van der Waals surface area contributed by atoms with Crippen LogP contribution in [0.5, 0.6) is 0 Å². The molecule has 1 heterocycles. The number of alkyl halides is 3. The molecule has 1 rings (SSSR count). The van der Waals surface area contributed by atoms with E-state index < -0.39 is 29.5 Å².